The van der Waals surface area contributed by atoms with Gasteiger partial charge < -0.3 is 14.2 Å². The number of rotatable bonds is 6. The summed E-state index contributed by atoms with van der Waals surface area (Å²) in [5.74, 6) is 2.22. The fraction of sp³-hybridized carbons (Fsp3) is 0.125. The Morgan fingerprint density at radius 1 is 0.786 bits per heavy atom. The van der Waals surface area contributed by atoms with Crippen molar-refractivity contribution in [2.75, 3.05) is 14.2 Å². The minimum Gasteiger partial charge on any atom is -0.497 e. The van der Waals surface area contributed by atoms with Crippen molar-refractivity contribution < 1.29 is 14.2 Å². The predicted molar refractivity (Wildman–Crippen MR) is 111 cm³/mol. The number of benzene rings is 3. The van der Waals surface area contributed by atoms with Gasteiger partial charge in [0.15, 0.2) is 11.5 Å². The molecule has 1 heterocycles. The number of ether oxygens (including phenoxy) is 3. The Bertz CT molecular complexity index is 1080. The van der Waals surface area contributed by atoms with Crippen LogP contribution in [0.3, 0.4) is 0 Å². The Labute approximate surface area is 164 Å². The topological polar surface area (TPSA) is 40.6 Å². The van der Waals surface area contributed by atoms with Crippen LogP contribution in [-0.4, -0.2) is 19.2 Å². The lowest BCUT2D eigenvalue weighted by Gasteiger charge is -2.14. The smallest absolute Gasteiger partial charge is 0.162 e. The summed E-state index contributed by atoms with van der Waals surface area (Å²) in [6.07, 6.45) is 1.81. The molecular formula is C24H21NO3. The van der Waals surface area contributed by atoms with Gasteiger partial charge in [0.2, 0.25) is 0 Å². The molecule has 0 radical (unpaired) electrons. The highest BCUT2D eigenvalue weighted by Gasteiger charge is 2.12. The highest BCUT2D eigenvalue weighted by molar-refractivity contribution is 5.96. The van der Waals surface area contributed by atoms with E-state index in [0.717, 1.165) is 33.3 Å². The number of pyridine rings is 1. The van der Waals surface area contributed by atoms with Crippen molar-refractivity contribution in [3.05, 3.63) is 84.6 Å². The highest BCUT2D eigenvalue weighted by atomic mass is 16.5. The van der Waals surface area contributed by atoms with E-state index in [1.807, 2.05) is 79.0 Å². The molecular weight excluding hydrogens is 350 g/mol. The molecule has 28 heavy (non-hydrogen) atoms. The summed E-state index contributed by atoms with van der Waals surface area (Å²) in [5, 5.41) is 2.06. The standard InChI is InChI=1S/C24H21NO3/c1-26-20-10-8-18(9-11-20)24-21-15-23(28-16-17-6-4-3-5-7-17)22(27-2)14-19(21)12-13-25-24/h3-15H,16H2,1-2H3. The molecule has 0 aliphatic heterocycles. The first-order chi connectivity index (χ1) is 13.8. The van der Waals surface area contributed by atoms with E-state index in [1.165, 1.54) is 0 Å². The van der Waals surface area contributed by atoms with Crippen LogP contribution in [0.15, 0.2) is 79.0 Å². The maximum absolute atomic E-state index is 6.08. The van der Waals surface area contributed by atoms with Crippen molar-refractivity contribution >= 4 is 10.8 Å². The third-order valence-electron chi connectivity index (χ3n) is 4.65. The Balaban J connectivity index is 1.75. The quantitative estimate of drug-likeness (QED) is 0.449. The number of hydrogen-bond acceptors (Lipinski definition) is 4. The third-order valence-corrected chi connectivity index (χ3v) is 4.65. The predicted octanol–water partition coefficient (Wildman–Crippen LogP) is 5.50. The van der Waals surface area contributed by atoms with Crippen LogP contribution in [0.1, 0.15) is 5.56 Å². The molecule has 4 nitrogen and oxygen atoms in total. The molecule has 0 saturated carbocycles. The molecule has 1 aromatic heterocycles. The summed E-state index contributed by atoms with van der Waals surface area (Å²) >= 11 is 0. The zero-order valence-corrected chi connectivity index (χ0v) is 15.9. The molecule has 0 aliphatic rings. The summed E-state index contributed by atoms with van der Waals surface area (Å²) in [4.78, 5) is 4.61. The monoisotopic (exact) mass is 371 g/mol. The lowest BCUT2D eigenvalue weighted by atomic mass is 10.0. The molecule has 0 saturated heterocycles. The van der Waals surface area contributed by atoms with E-state index in [1.54, 1.807) is 14.2 Å². The summed E-state index contributed by atoms with van der Waals surface area (Å²) in [7, 11) is 3.32. The van der Waals surface area contributed by atoms with Gasteiger partial charge in [-0.15, -0.1) is 0 Å². The average Bonchev–Trinajstić information content (AvgIpc) is 2.77. The van der Waals surface area contributed by atoms with Gasteiger partial charge in [0.05, 0.1) is 19.9 Å². The van der Waals surface area contributed by atoms with Gasteiger partial charge in [0, 0.05) is 17.1 Å². The maximum Gasteiger partial charge on any atom is 0.162 e. The molecule has 0 spiro atoms. The molecule has 4 rings (SSSR count). The van der Waals surface area contributed by atoms with E-state index in [2.05, 4.69) is 4.98 Å². The van der Waals surface area contributed by atoms with Crippen molar-refractivity contribution in [1.82, 2.24) is 4.98 Å². The van der Waals surface area contributed by atoms with Crippen LogP contribution in [0, 0.1) is 0 Å². The second-order valence-electron chi connectivity index (χ2n) is 6.39. The van der Waals surface area contributed by atoms with Crippen molar-refractivity contribution in [3.8, 4) is 28.5 Å². The first kappa shape index (κ1) is 17.9. The summed E-state index contributed by atoms with van der Waals surface area (Å²) in [6.45, 7) is 0.473. The van der Waals surface area contributed by atoms with Crippen molar-refractivity contribution in [1.29, 1.82) is 0 Å². The van der Waals surface area contributed by atoms with E-state index in [0.29, 0.717) is 18.1 Å². The third kappa shape index (κ3) is 3.62. The fourth-order valence-electron chi connectivity index (χ4n) is 3.17. The number of nitrogens with zero attached hydrogens (tertiary/aromatic N) is 1. The molecule has 0 atom stereocenters. The molecule has 4 heteroatoms. The van der Waals surface area contributed by atoms with Crippen LogP contribution in [0.5, 0.6) is 17.2 Å². The van der Waals surface area contributed by atoms with Crippen molar-refractivity contribution in [2.45, 2.75) is 6.61 Å². The summed E-state index contributed by atoms with van der Waals surface area (Å²) in [5.41, 5.74) is 3.02. The van der Waals surface area contributed by atoms with Gasteiger partial charge in [-0.2, -0.15) is 0 Å². The molecule has 0 unspecified atom stereocenters. The first-order valence-electron chi connectivity index (χ1n) is 9.06. The lowest BCUT2D eigenvalue weighted by Crippen LogP contribution is -1.98. The number of hydrogen-bond donors (Lipinski definition) is 0. The Morgan fingerprint density at radius 2 is 1.57 bits per heavy atom. The Kier molecular flexibility index (Phi) is 5.11. The van der Waals surface area contributed by atoms with Gasteiger partial charge >= 0.3 is 0 Å². The highest BCUT2D eigenvalue weighted by Crippen LogP contribution is 2.36. The number of methoxy groups -OCH3 is 2. The minimum atomic E-state index is 0.473. The van der Waals surface area contributed by atoms with Crippen LogP contribution in [0.4, 0.5) is 0 Å². The fourth-order valence-corrected chi connectivity index (χ4v) is 3.17. The van der Waals surface area contributed by atoms with E-state index >= 15 is 0 Å². The number of aromatic nitrogens is 1. The lowest BCUT2D eigenvalue weighted by molar-refractivity contribution is 0.285. The van der Waals surface area contributed by atoms with Crippen LogP contribution in [-0.2, 0) is 6.61 Å². The van der Waals surface area contributed by atoms with Gasteiger partial charge in [-0.1, -0.05) is 30.3 Å². The average molecular weight is 371 g/mol. The maximum atomic E-state index is 6.08. The van der Waals surface area contributed by atoms with E-state index in [4.69, 9.17) is 14.2 Å². The van der Waals surface area contributed by atoms with Crippen LogP contribution < -0.4 is 14.2 Å². The van der Waals surface area contributed by atoms with Gasteiger partial charge in [-0.3, -0.25) is 4.98 Å². The van der Waals surface area contributed by atoms with Gasteiger partial charge in [0.25, 0.3) is 0 Å². The molecule has 0 aliphatic carbocycles. The molecule has 3 aromatic carbocycles. The summed E-state index contributed by atoms with van der Waals surface area (Å²) < 4.78 is 16.9. The largest absolute Gasteiger partial charge is 0.497 e. The molecule has 0 bridgehead atoms. The van der Waals surface area contributed by atoms with E-state index < -0.39 is 0 Å². The second kappa shape index (κ2) is 8.01. The van der Waals surface area contributed by atoms with E-state index in [-0.39, 0.29) is 0 Å². The normalized spacial score (nSPS) is 10.6. The zero-order valence-electron chi connectivity index (χ0n) is 15.9. The van der Waals surface area contributed by atoms with Gasteiger partial charge in [-0.25, -0.2) is 0 Å². The first-order valence-corrected chi connectivity index (χ1v) is 9.06. The Hall–Kier alpha value is -3.53. The Morgan fingerprint density at radius 3 is 2.29 bits per heavy atom. The van der Waals surface area contributed by atoms with E-state index in [9.17, 15) is 0 Å². The zero-order chi connectivity index (χ0) is 19.3. The molecule has 0 N–H and O–H groups in total. The second-order valence-corrected chi connectivity index (χ2v) is 6.39. The molecule has 0 amide bonds. The SMILES string of the molecule is COc1ccc(-c2nccc3cc(OC)c(OCc4ccccc4)cc23)cc1. The van der Waals surface area contributed by atoms with Gasteiger partial charge in [0.1, 0.15) is 12.4 Å². The van der Waals surface area contributed by atoms with Gasteiger partial charge in [-0.05, 0) is 53.4 Å². The van der Waals surface area contributed by atoms with Crippen molar-refractivity contribution in [2.24, 2.45) is 0 Å². The molecule has 4 aromatic rings. The number of fused-ring (bicyclic) bond motifs is 1. The minimum absolute atomic E-state index is 0.473. The molecule has 0 fully saturated rings. The summed E-state index contributed by atoms with van der Waals surface area (Å²) in [6, 6.07) is 23.9. The van der Waals surface area contributed by atoms with Crippen LogP contribution in [0.25, 0.3) is 22.0 Å². The van der Waals surface area contributed by atoms with Crippen molar-refractivity contribution in [3.63, 3.8) is 0 Å². The molecule has 140 valence electrons. The van der Waals surface area contributed by atoms with Crippen LogP contribution in [0.2, 0.25) is 0 Å². The van der Waals surface area contributed by atoms with Crippen LogP contribution >= 0.6 is 0 Å².